The van der Waals surface area contributed by atoms with Crippen LogP contribution in [-0.4, -0.2) is 12.0 Å². The molecule has 0 atom stereocenters. The number of methoxy groups -OCH3 is 1. The van der Waals surface area contributed by atoms with E-state index in [2.05, 4.69) is 0 Å². The van der Waals surface area contributed by atoms with Crippen LogP contribution in [0.4, 0.5) is 5.69 Å². The first-order chi connectivity index (χ1) is 8.58. The largest absolute Gasteiger partial charge is 0.497 e. The average Bonchev–Trinajstić information content (AvgIpc) is 2.36. The molecule has 0 aliphatic heterocycles. The fourth-order valence-electron chi connectivity index (χ4n) is 1.90. The Balaban J connectivity index is 2.91. The maximum Gasteiger partial charge on any atom is 0.415 e. The van der Waals surface area contributed by atoms with Crippen molar-refractivity contribution in [3.8, 4) is 5.75 Å². The molecule has 0 amide bonds. The minimum absolute atomic E-state index is 0.322. The topological polar surface area (TPSA) is 82.6 Å². The lowest BCUT2D eigenvalue weighted by atomic mass is 10.1. The van der Waals surface area contributed by atoms with Crippen molar-refractivity contribution < 1.29 is 14.1 Å². The molecule has 94 valence electrons. The maximum absolute atomic E-state index is 11.6. The highest BCUT2D eigenvalue weighted by molar-refractivity contribution is 5.84. The Hall–Kier alpha value is -2.37. The summed E-state index contributed by atoms with van der Waals surface area (Å²) in [5.74, 6) is 0.556. The highest BCUT2D eigenvalue weighted by Crippen LogP contribution is 2.28. The summed E-state index contributed by atoms with van der Waals surface area (Å²) in [7, 11) is 1.50. The van der Waals surface area contributed by atoms with Crippen molar-refractivity contribution in [3.63, 3.8) is 0 Å². The molecule has 0 aliphatic rings. The van der Waals surface area contributed by atoms with Gasteiger partial charge in [0.25, 0.3) is 0 Å². The van der Waals surface area contributed by atoms with Crippen molar-refractivity contribution in [2.75, 3.05) is 7.11 Å². The van der Waals surface area contributed by atoms with Crippen LogP contribution in [0.25, 0.3) is 11.0 Å². The number of ether oxygens (including phenoxy) is 1. The van der Waals surface area contributed by atoms with Crippen LogP contribution in [0.2, 0.25) is 0 Å². The molecule has 2 aromatic rings. The zero-order valence-electron chi connectivity index (χ0n) is 9.93. The Morgan fingerprint density at radius 3 is 2.72 bits per heavy atom. The first-order valence-corrected chi connectivity index (χ1v) is 5.36. The SMILES string of the molecule is CCc1c([N+](=O)[O-])c(=O)oc2ccc(OC)cc12. The number of nitro groups is 1. The van der Waals surface area contributed by atoms with Crippen LogP contribution < -0.4 is 10.4 Å². The van der Waals surface area contributed by atoms with Crippen LogP contribution in [0.3, 0.4) is 0 Å². The molecule has 0 aliphatic carbocycles. The summed E-state index contributed by atoms with van der Waals surface area (Å²) in [6, 6.07) is 4.83. The molecule has 6 heteroatoms. The number of fused-ring (bicyclic) bond motifs is 1. The molecule has 0 unspecified atom stereocenters. The molecule has 2 rings (SSSR count). The van der Waals surface area contributed by atoms with Gasteiger partial charge in [-0.2, -0.15) is 0 Å². The van der Waals surface area contributed by atoms with Crippen LogP contribution >= 0.6 is 0 Å². The van der Waals surface area contributed by atoms with Gasteiger partial charge in [-0.1, -0.05) is 6.92 Å². The van der Waals surface area contributed by atoms with Crippen molar-refractivity contribution in [1.82, 2.24) is 0 Å². The van der Waals surface area contributed by atoms with E-state index in [1.165, 1.54) is 7.11 Å². The Morgan fingerprint density at radius 2 is 2.17 bits per heavy atom. The third-order valence-electron chi connectivity index (χ3n) is 2.73. The molecule has 0 spiro atoms. The van der Waals surface area contributed by atoms with Gasteiger partial charge in [-0.25, -0.2) is 4.79 Å². The average molecular weight is 249 g/mol. The van der Waals surface area contributed by atoms with E-state index in [1.54, 1.807) is 25.1 Å². The Labute approximate surface area is 102 Å². The number of nitrogens with zero attached hydrogens (tertiary/aromatic N) is 1. The first kappa shape index (κ1) is 12.1. The molecular weight excluding hydrogens is 238 g/mol. The molecule has 1 heterocycles. The Morgan fingerprint density at radius 1 is 1.44 bits per heavy atom. The second-order valence-corrected chi connectivity index (χ2v) is 3.69. The second-order valence-electron chi connectivity index (χ2n) is 3.69. The quantitative estimate of drug-likeness (QED) is 0.473. The summed E-state index contributed by atoms with van der Waals surface area (Å²) in [5, 5.41) is 11.4. The normalized spacial score (nSPS) is 10.6. The molecule has 0 fully saturated rings. The van der Waals surface area contributed by atoms with Gasteiger partial charge in [0, 0.05) is 10.9 Å². The van der Waals surface area contributed by atoms with E-state index in [4.69, 9.17) is 9.15 Å². The highest BCUT2D eigenvalue weighted by Gasteiger charge is 2.23. The van der Waals surface area contributed by atoms with Gasteiger partial charge in [-0.15, -0.1) is 0 Å². The van der Waals surface area contributed by atoms with E-state index in [1.807, 2.05) is 0 Å². The third-order valence-corrected chi connectivity index (χ3v) is 2.73. The fourth-order valence-corrected chi connectivity index (χ4v) is 1.90. The predicted octanol–water partition coefficient (Wildman–Crippen LogP) is 2.27. The number of benzene rings is 1. The Bertz CT molecular complexity index is 674. The van der Waals surface area contributed by atoms with Crippen LogP contribution in [0.1, 0.15) is 12.5 Å². The molecule has 0 saturated heterocycles. The number of rotatable bonds is 3. The van der Waals surface area contributed by atoms with Crippen molar-refractivity contribution in [3.05, 3.63) is 44.3 Å². The molecular formula is C12H11NO5. The summed E-state index contributed by atoms with van der Waals surface area (Å²) in [5.41, 5.74) is -0.735. The molecule has 0 N–H and O–H groups in total. The van der Waals surface area contributed by atoms with Crippen molar-refractivity contribution >= 4 is 16.7 Å². The molecule has 18 heavy (non-hydrogen) atoms. The number of aryl methyl sites for hydroxylation is 1. The van der Waals surface area contributed by atoms with E-state index in [0.717, 1.165) is 0 Å². The zero-order valence-corrected chi connectivity index (χ0v) is 9.93. The lowest BCUT2D eigenvalue weighted by molar-refractivity contribution is -0.387. The van der Waals surface area contributed by atoms with E-state index >= 15 is 0 Å². The Kier molecular flexibility index (Phi) is 3.01. The molecule has 0 bridgehead atoms. The van der Waals surface area contributed by atoms with Crippen LogP contribution in [0.5, 0.6) is 5.75 Å². The molecule has 1 aromatic heterocycles. The van der Waals surface area contributed by atoms with E-state index in [9.17, 15) is 14.9 Å². The van der Waals surface area contributed by atoms with Gasteiger partial charge in [-0.3, -0.25) is 10.1 Å². The van der Waals surface area contributed by atoms with Crippen LogP contribution in [0.15, 0.2) is 27.4 Å². The molecule has 0 radical (unpaired) electrons. The van der Waals surface area contributed by atoms with Crippen molar-refractivity contribution in [2.24, 2.45) is 0 Å². The number of hydrogen-bond donors (Lipinski definition) is 0. The van der Waals surface area contributed by atoms with Gasteiger partial charge in [0.15, 0.2) is 0 Å². The van der Waals surface area contributed by atoms with E-state index in [0.29, 0.717) is 28.7 Å². The van der Waals surface area contributed by atoms with Crippen LogP contribution in [-0.2, 0) is 6.42 Å². The highest BCUT2D eigenvalue weighted by atomic mass is 16.6. The monoisotopic (exact) mass is 249 g/mol. The predicted molar refractivity (Wildman–Crippen MR) is 65.1 cm³/mol. The summed E-state index contributed by atoms with van der Waals surface area (Å²) < 4.78 is 10.0. The van der Waals surface area contributed by atoms with E-state index in [-0.39, 0.29) is 0 Å². The third kappa shape index (κ3) is 1.81. The number of hydrogen-bond acceptors (Lipinski definition) is 5. The lowest BCUT2D eigenvalue weighted by Crippen LogP contribution is -2.10. The van der Waals surface area contributed by atoms with Gasteiger partial charge in [0.1, 0.15) is 11.3 Å². The van der Waals surface area contributed by atoms with Crippen molar-refractivity contribution in [2.45, 2.75) is 13.3 Å². The van der Waals surface area contributed by atoms with Gasteiger partial charge >= 0.3 is 11.3 Å². The van der Waals surface area contributed by atoms with Gasteiger partial charge in [0.2, 0.25) is 0 Å². The first-order valence-electron chi connectivity index (χ1n) is 5.36. The standard InChI is InChI=1S/C12H11NO5/c1-3-8-9-6-7(17-2)4-5-10(9)18-12(14)11(8)13(15)16/h4-6H,3H2,1-2H3. The van der Waals surface area contributed by atoms with E-state index < -0.39 is 16.2 Å². The second kappa shape index (κ2) is 4.48. The summed E-state index contributed by atoms with van der Waals surface area (Å²) in [6.07, 6.45) is 0.367. The smallest absolute Gasteiger partial charge is 0.415 e. The van der Waals surface area contributed by atoms with Gasteiger partial charge in [-0.05, 0) is 24.6 Å². The minimum Gasteiger partial charge on any atom is -0.497 e. The fraction of sp³-hybridized carbons (Fsp3) is 0.250. The maximum atomic E-state index is 11.6. The molecule has 6 nitrogen and oxygen atoms in total. The summed E-state index contributed by atoms with van der Waals surface area (Å²) in [4.78, 5) is 21.8. The minimum atomic E-state index is -0.922. The lowest BCUT2D eigenvalue weighted by Gasteiger charge is -2.05. The van der Waals surface area contributed by atoms with Gasteiger partial charge in [0.05, 0.1) is 12.0 Å². The molecule has 0 saturated carbocycles. The zero-order chi connectivity index (χ0) is 13.3. The van der Waals surface area contributed by atoms with Gasteiger partial charge < -0.3 is 9.15 Å². The molecule has 1 aromatic carbocycles. The summed E-state index contributed by atoms with van der Waals surface area (Å²) >= 11 is 0. The summed E-state index contributed by atoms with van der Waals surface area (Å²) in [6.45, 7) is 1.75. The van der Waals surface area contributed by atoms with Crippen LogP contribution in [0, 0.1) is 10.1 Å². The van der Waals surface area contributed by atoms with Crippen molar-refractivity contribution in [1.29, 1.82) is 0 Å².